The van der Waals surface area contributed by atoms with Crippen molar-refractivity contribution in [3.8, 4) is 0 Å². The smallest absolute Gasteiger partial charge is 0.0955 e. The first-order valence-corrected chi connectivity index (χ1v) is 4.55. The predicted molar refractivity (Wildman–Crippen MR) is 51.6 cm³/mol. The molecule has 0 aliphatic heterocycles. The number of hydrogen-bond acceptors (Lipinski definition) is 0. The third-order valence-electron chi connectivity index (χ3n) is 3.55. The first-order valence-electron chi connectivity index (χ1n) is 4.55. The summed E-state index contributed by atoms with van der Waals surface area (Å²) in [7, 11) is 6.81. The fraction of sp³-hybridized carbons (Fsp3) is 1.00. The van der Waals surface area contributed by atoms with Crippen LogP contribution < -0.4 is 0 Å². The molecule has 1 heteroatoms. The third kappa shape index (κ3) is 2.19. The van der Waals surface area contributed by atoms with Gasteiger partial charge in [-0.1, -0.05) is 13.8 Å². The second-order valence-electron chi connectivity index (χ2n) is 4.98. The van der Waals surface area contributed by atoms with Crippen LogP contribution in [0.5, 0.6) is 0 Å². The summed E-state index contributed by atoms with van der Waals surface area (Å²) >= 11 is 0. The maximum Gasteiger partial charge on any atom is 0.0955 e. The molecule has 0 aromatic rings. The van der Waals surface area contributed by atoms with E-state index in [0.717, 1.165) is 10.4 Å². The lowest BCUT2D eigenvalue weighted by Gasteiger charge is -2.45. The summed E-state index contributed by atoms with van der Waals surface area (Å²) in [6.07, 6.45) is 1.27. The van der Waals surface area contributed by atoms with Gasteiger partial charge in [0, 0.05) is 5.92 Å². The number of quaternary nitrogens is 1. The van der Waals surface area contributed by atoms with Crippen molar-refractivity contribution in [2.45, 2.75) is 39.7 Å². The van der Waals surface area contributed by atoms with E-state index in [2.05, 4.69) is 48.8 Å². The maximum atomic E-state index is 2.35. The Morgan fingerprint density at radius 3 is 1.64 bits per heavy atom. The van der Waals surface area contributed by atoms with Crippen molar-refractivity contribution in [3.05, 3.63) is 0 Å². The lowest BCUT2D eigenvalue weighted by Crippen LogP contribution is -2.56. The van der Waals surface area contributed by atoms with Crippen molar-refractivity contribution in [1.82, 2.24) is 0 Å². The van der Waals surface area contributed by atoms with E-state index in [-0.39, 0.29) is 0 Å². The molecule has 0 saturated heterocycles. The zero-order valence-corrected chi connectivity index (χ0v) is 9.23. The van der Waals surface area contributed by atoms with Crippen molar-refractivity contribution in [2.75, 3.05) is 21.1 Å². The second kappa shape index (κ2) is 3.14. The summed E-state index contributed by atoms with van der Waals surface area (Å²) in [4.78, 5) is 0. The van der Waals surface area contributed by atoms with Gasteiger partial charge in [-0.15, -0.1) is 0 Å². The Hall–Kier alpha value is -0.0400. The van der Waals surface area contributed by atoms with Gasteiger partial charge >= 0.3 is 0 Å². The molecular formula is C10H24N+. The van der Waals surface area contributed by atoms with E-state index in [1.807, 2.05) is 0 Å². The van der Waals surface area contributed by atoms with Gasteiger partial charge in [-0.3, -0.25) is 0 Å². The van der Waals surface area contributed by atoms with Gasteiger partial charge < -0.3 is 4.48 Å². The number of rotatable bonds is 3. The summed E-state index contributed by atoms with van der Waals surface area (Å²) in [5.41, 5.74) is 0.384. The molecule has 0 aromatic carbocycles. The molecule has 1 nitrogen and oxygen atoms in total. The molecule has 0 aliphatic rings. The van der Waals surface area contributed by atoms with Crippen LogP contribution >= 0.6 is 0 Å². The zero-order chi connectivity index (χ0) is 9.28. The van der Waals surface area contributed by atoms with Crippen LogP contribution in [-0.4, -0.2) is 31.2 Å². The van der Waals surface area contributed by atoms with Gasteiger partial charge in [-0.05, 0) is 20.3 Å². The Balaban J connectivity index is 4.45. The zero-order valence-electron chi connectivity index (χ0n) is 9.23. The Bertz CT molecular complexity index is 119. The molecule has 0 amide bonds. The van der Waals surface area contributed by atoms with Crippen LogP contribution in [0.2, 0.25) is 0 Å². The van der Waals surface area contributed by atoms with Gasteiger partial charge in [0.15, 0.2) is 0 Å². The number of hydrogen-bond donors (Lipinski definition) is 0. The second-order valence-corrected chi connectivity index (χ2v) is 4.98. The van der Waals surface area contributed by atoms with Gasteiger partial charge in [0.2, 0.25) is 0 Å². The van der Waals surface area contributed by atoms with Crippen molar-refractivity contribution in [3.63, 3.8) is 0 Å². The highest BCUT2D eigenvalue weighted by atomic mass is 15.3. The van der Waals surface area contributed by atoms with E-state index in [1.165, 1.54) is 6.42 Å². The van der Waals surface area contributed by atoms with E-state index < -0.39 is 0 Å². The highest BCUT2D eigenvalue weighted by Gasteiger charge is 2.37. The third-order valence-corrected chi connectivity index (χ3v) is 3.55. The standard InChI is InChI=1S/C10H24N/c1-8-9(2)10(3,4)11(5,6)7/h9H,8H2,1-7H3/q+1. The average molecular weight is 158 g/mol. The average Bonchev–Trinajstić information content (AvgIpc) is 1.83. The minimum atomic E-state index is 0.384. The molecule has 0 radical (unpaired) electrons. The number of nitrogens with zero attached hydrogens (tertiary/aromatic N) is 1. The van der Waals surface area contributed by atoms with Crippen molar-refractivity contribution >= 4 is 0 Å². The summed E-state index contributed by atoms with van der Waals surface area (Å²) in [6, 6.07) is 0. The summed E-state index contributed by atoms with van der Waals surface area (Å²) in [5, 5.41) is 0. The Labute approximate surface area is 72.0 Å². The van der Waals surface area contributed by atoms with E-state index in [4.69, 9.17) is 0 Å². The van der Waals surface area contributed by atoms with Crippen LogP contribution in [-0.2, 0) is 0 Å². The molecule has 0 saturated carbocycles. The van der Waals surface area contributed by atoms with Crippen molar-refractivity contribution in [2.24, 2.45) is 5.92 Å². The molecule has 0 fully saturated rings. The molecule has 0 rings (SSSR count). The minimum absolute atomic E-state index is 0.384. The minimum Gasteiger partial charge on any atom is -0.326 e. The topological polar surface area (TPSA) is 0 Å². The van der Waals surface area contributed by atoms with Crippen LogP contribution in [0, 0.1) is 5.92 Å². The lowest BCUT2D eigenvalue weighted by atomic mass is 9.84. The summed E-state index contributed by atoms with van der Waals surface area (Å²) in [5.74, 6) is 0.780. The Morgan fingerprint density at radius 2 is 1.55 bits per heavy atom. The first kappa shape index (κ1) is 11.0. The summed E-state index contributed by atoms with van der Waals surface area (Å²) < 4.78 is 1.04. The van der Waals surface area contributed by atoms with Crippen LogP contribution in [0.4, 0.5) is 0 Å². The van der Waals surface area contributed by atoms with Gasteiger partial charge in [0.05, 0.1) is 26.7 Å². The molecule has 0 spiro atoms. The van der Waals surface area contributed by atoms with E-state index in [9.17, 15) is 0 Å². The molecule has 0 aliphatic carbocycles. The molecule has 0 N–H and O–H groups in total. The van der Waals surface area contributed by atoms with Gasteiger partial charge in [0.1, 0.15) is 0 Å². The SMILES string of the molecule is CCC(C)C(C)(C)[N+](C)(C)C. The van der Waals surface area contributed by atoms with Crippen LogP contribution in [0.3, 0.4) is 0 Å². The van der Waals surface area contributed by atoms with Crippen LogP contribution in [0.25, 0.3) is 0 Å². The fourth-order valence-corrected chi connectivity index (χ4v) is 1.16. The molecule has 68 valence electrons. The first-order chi connectivity index (χ1) is 4.73. The summed E-state index contributed by atoms with van der Waals surface area (Å²) in [6.45, 7) is 9.30. The van der Waals surface area contributed by atoms with Crippen molar-refractivity contribution < 1.29 is 4.48 Å². The van der Waals surface area contributed by atoms with Gasteiger partial charge in [-0.25, -0.2) is 0 Å². The molecule has 0 aromatic heterocycles. The van der Waals surface area contributed by atoms with E-state index >= 15 is 0 Å². The van der Waals surface area contributed by atoms with E-state index in [1.54, 1.807) is 0 Å². The van der Waals surface area contributed by atoms with Crippen molar-refractivity contribution in [1.29, 1.82) is 0 Å². The lowest BCUT2D eigenvalue weighted by molar-refractivity contribution is -0.924. The Morgan fingerprint density at radius 1 is 1.18 bits per heavy atom. The maximum absolute atomic E-state index is 2.35. The van der Waals surface area contributed by atoms with Gasteiger partial charge in [-0.2, -0.15) is 0 Å². The van der Waals surface area contributed by atoms with E-state index in [0.29, 0.717) is 5.54 Å². The largest absolute Gasteiger partial charge is 0.326 e. The molecule has 1 unspecified atom stereocenters. The predicted octanol–water partition coefficient (Wildman–Crippen LogP) is 2.52. The van der Waals surface area contributed by atoms with Crippen LogP contribution in [0.1, 0.15) is 34.1 Å². The highest BCUT2D eigenvalue weighted by molar-refractivity contribution is 4.74. The molecule has 0 bridgehead atoms. The van der Waals surface area contributed by atoms with Gasteiger partial charge in [0.25, 0.3) is 0 Å². The monoisotopic (exact) mass is 158 g/mol. The fourth-order valence-electron chi connectivity index (χ4n) is 1.16. The molecule has 0 heterocycles. The molecule has 1 atom stereocenters. The molecular weight excluding hydrogens is 134 g/mol. The molecule has 11 heavy (non-hydrogen) atoms. The normalized spacial score (nSPS) is 16.6. The van der Waals surface area contributed by atoms with Crippen LogP contribution in [0.15, 0.2) is 0 Å². The Kier molecular flexibility index (Phi) is 3.13. The quantitative estimate of drug-likeness (QED) is 0.554. The highest BCUT2D eigenvalue weighted by Crippen LogP contribution is 2.28.